The van der Waals surface area contributed by atoms with Gasteiger partial charge in [-0.3, -0.25) is 15.0 Å². The van der Waals surface area contributed by atoms with Crippen molar-refractivity contribution < 1.29 is 0 Å². The van der Waals surface area contributed by atoms with Gasteiger partial charge in [0.1, 0.15) is 0 Å². The highest BCUT2D eigenvalue weighted by Gasteiger charge is 2.17. The summed E-state index contributed by atoms with van der Waals surface area (Å²) in [7, 11) is 0. The Morgan fingerprint density at radius 3 is 1.62 bits per heavy atom. The molecule has 6 nitrogen and oxygen atoms in total. The fraction of sp³-hybridized carbons (Fsp3) is 0. The van der Waals surface area contributed by atoms with Crippen molar-refractivity contribution in [1.29, 1.82) is 0 Å². The minimum absolute atomic E-state index is 0.807. The van der Waals surface area contributed by atoms with Gasteiger partial charge in [0.2, 0.25) is 0 Å². The number of rotatable bonds is 6. The van der Waals surface area contributed by atoms with E-state index in [0.29, 0.717) is 0 Å². The van der Waals surface area contributed by atoms with E-state index >= 15 is 0 Å². The maximum absolute atomic E-state index is 4.97. The van der Waals surface area contributed by atoms with Crippen LogP contribution in [0.25, 0.3) is 100 Å². The van der Waals surface area contributed by atoms with Crippen LogP contribution in [0.4, 0.5) is 0 Å². The summed E-state index contributed by atoms with van der Waals surface area (Å²) in [4.78, 5) is 19.0. The van der Waals surface area contributed by atoms with Crippen molar-refractivity contribution in [3.63, 3.8) is 0 Å². The Labute approximate surface area is 322 Å². The van der Waals surface area contributed by atoms with E-state index in [4.69, 9.17) is 9.97 Å². The molecule has 6 aromatic heterocycles. The third kappa shape index (κ3) is 5.27. The molecule has 0 atom stereocenters. The van der Waals surface area contributed by atoms with Gasteiger partial charge in [-0.25, -0.2) is 4.98 Å². The SMILES string of the molecule is c1ccc(-n2c3ccc(-c4ccc5c6ccccc6n(-c6ccc(-c7cc(-c8ccccn8)nc(-c8ccccn8)c7)cc6)c5c4)cc3c3ncccc32)cc1. The highest BCUT2D eigenvalue weighted by Crippen LogP contribution is 2.38. The maximum atomic E-state index is 4.97. The standard InChI is InChI=1S/C50H32N6/c1-2-11-37(12-3-1)55-47-25-21-34(29-41(47)50-48(55)17-10-28-53-50)35-20-24-40-39-13-4-5-16-46(39)56(49(40)32-35)38-22-18-33(19-23-38)36-30-44(42-14-6-8-26-51-42)54-45(31-36)43-15-7-9-27-52-43/h1-32H. The lowest BCUT2D eigenvalue weighted by Gasteiger charge is -2.12. The predicted molar refractivity (Wildman–Crippen MR) is 228 cm³/mol. The summed E-state index contributed by atoms with van der Waals surface area (Å²) in [5.41, 5.74) is 15.4. The molecular formula is C50H32N6. The lowest BCUT2D eigenvalue weighted by atomic mass is 10.0. The van der Waals surface area contributed by atoms with E-state index in [1.807, 2.05) is 48.7 Å². The number of hydrogen-bond donors (Lipinski definition) is 0. The summed E-state index contributed by atoms with van der Waals surface area (Å²) in [6.07, 6.45) is 5.49. The summed E-state index contributed by atoms with van der Waals surface area (Å²) in [5.74, 6) is 0. The molecule has 56 heavy (non-hydrogen) atoms. The molecule has 5 aromatic carbocycles. The Morgan fingerprint density at radius 1 is 0.304 bits per heavy atom. The molecule has 0 fully saturated rings. The van der Waals surface area contributed by atoms with Crippen LogP contribution in [0, 0.1) is 0 Å². The van der Waals surface area contributed by atoms with E-state index in [9.17, 15) is 0 Å². The van der Waals surface area contributed by atoms with Crippen LogP contribution < -0.4 is 0 Å². The number of fused-ring (bicyclic) bond motifs is 6. The van der Waals surface area contributed by atoms with Gasteiger partial charge in [0.25, 0.3) is 0 Å². The molecule has 11 rings (SSSR count). The van der Waals surface area contributed by atoms with E-state index in [1.54, 1.807) is 12.4 Å². The van der Waals surface area contributed by atoms with Crippen LogP contribution in [0.5, 0.6) is 0 Å². The monoisotopic (exact) mass is 716 g/mol. The second-order valence-corrected chi connectivity index (χ2v) is 14.0. The maximum Gasteiger partial charge on any atom is 0.0963 e. The zero-order valence-corrected chi connectivity index (χ0v) is 30.2. The van der Waals surface area contributed by atoms with Gasteiger partial charge >= 0.3 is 0 Å². The van der Waals surface area contributed by atoms with Crippen LogP contribution in [0.1, 0.15) is 0 Å². The molecule has 0 saturated carbocycles. The molecule has 11 aromatic rings. The molecule has 262 valence electrons. The van der Waals surface area contributed by atoms with E-state index in [1.165, 1.54) is 10.8 Å². The Bertz CT molecular complexity index is 3160. The smallest absolute Gasteiger partial charge is 0.0963 e. The molecule has 0 radical (unpaired) electrons. The Morgan fingerprint density at radius 2 is 0.875 bits per heavy atom. The average molecular weight is 717 g/mol. The van der Waals surface area contributed by atoms with Crippen LogP contribution in [-0.2, 0) is 0 Å². The van der Waals surface area contributed by atoms with Gasteiger partial charge in [0, 0.05) is 46.1 Å². The molecule has 0 saturated heterocycles. The number of aromatic nitrogens is 6. The largest absolute Gasteiger partial charge is 0.309 e. The first-order valence-electron chi connectivity index (χ1n) is 18.7. The predicted octanol–water partition coefficient (Wildman–Crippen LogP) is 12.1. The van der Waals surface area contributed by atoms with Gasteiger partial charge in [0.15, 0.2) is 0 Å². The summed E-state index contributed by atoms with van der Waals surface area (Å²) in [6, 6.07) is 61.8. The third-order valence-electron chi connectivity index (χ3n) is 10.7. The number of nitrogens with zero attached hydrogens (tertiary/aromatic N) is 6. The number of benzene rings is 5. The summed E-state index contributed by atoms with van der Waals surface area (Å²) >= 11 is 0. The minimum Gasteiger partial charge on any atom is -0.309 e. The first-order chi connectivity index (χ1) is 27.8. The van der Waals surface area contributed by atoms with Crippen molar-refractivity contribution in [1.82, 2.24) is 29.1 Å². The van der Waals surface area contributed by atoms with Crippen molar-refractivity contribution in [3.8, 4) is 56.4 Å². The lowest BCUT2D eigenvalue weighted by molar-refractivity contribution is 1.17. The average Bonchev–Trinajstić information content (AvgIpc) is 3.79. The lowest BCUT2D eigenvalue weighted by Crippen LogP contribution is -1.95. The summed E-state index contributed by atoms with van der Waals surface area (Å²) in [6.45, 7) is 0. The first kappa shape index (κ1) is 31.8. The molecule has 0 aliphatic carbocycles. The van der Waals surface area contributed by atoms with Crippen molar-refractivity contribution >= 4 is 43.7 Å². The quantitative estimate of drug-likeness (QED) is 0.172. The Balaban J connectivity index is 1.03. The molecule has 0 amide bonds. The second kappa shape index (κ2) is 13.0. The molecular weight excluding hydrogens is 685 g/mol. The van der Waals surface area contributed by atoms with Crippen molar-refractivity contribution in [3.05, 3.63) is 195 Å². The zero-order valence-electron chi connectivity index (χ0n) is 30.2. The fourth-order valence-electron chi connectivity index (χ4n) is 8.09. The van der Waals surface area contributed by atoms with Gasteiger partial charge in [0.05, 0.1) is 50.4 Å². The van der Waals surface area contributed by atoms with Crippen molar-refractivity contribution in [2.24, 2.45) is 0 Å². The van der Waals surface area contributed by atoms with Crippen molar-refractivity contribution in [2.45, 2.75) is 0 Å². The molecule has 0 bridgehead atoms. The highest BCUT2D eigenvalue weighted by molar-refractivity contribution is 6.11. The molecule has 6 heterocycles. The van der Waals surface area contributed by atoms with Crippen molar-refractivity contribution in [2.75, 3.05) is 0 Å². The van der Waals surface area contributed by atoms with Crippen LogP contribution in [-0.4, -0.2) is 29.1 Å². The van der Waals surface area contributed by atoms with Gasteiger partial charge in [-0.15, -0.1) is 0 Å². The molecule has 0 unspecified atom stereocenters. The van der Waals surface area contributed by atoms with E-state index in [0.717, 1.165) is 89.4 Å². The van der Waals surface area contributed by atoms with Crippen LogP contribution in [0.15, 0.2) is 195 Å². The van der Waals surface area contributed by atoms with E-state index in [2.05, 4.69) is 153 Å². The fourth-order valence-corrected chi connectivity index (χ4v) is 8.09. The minimum atomic E-state index is 0.807. The molecule has 0 aliphatic rings. The van der Waals surface area contributed by atoms with Gasteiger partial charge < -0.3 is 9.13 Å². The highest BCUT2D eigenvalue weighted by atomic mass is 15.0. The number of hydrogen-bond acceptors (Lipinski definition) is 4. The normalized spacial score (nSPS) is 11.6. The third-order valence-corrected chi connectivity index (χ3v) is 10.7. The number of para-hydroxylation sites is 2. The van der Waals surface area contributed by atoms with Gasteiger partial charge in [-0.05, 0) is 119 Å². The summed E-state index contributed by atoms with van der Waals surface area (Å²) < 4.78 is 4.68. The van der Waals surface area contributed by atoms with Crippen LogP contribution in [0.2, 0.25) is 0 Å². The van der Waals surface area contributed by atoms with Gasteiger partial charge in [-0.2, -0.15) is 0 Å². The van der Waals surface area contributed by atoms with Crippen LogP contribution in [0.3, 0.4) is 0 Å². The van der Waals surface area contributed by atoms with Crippen LogP contribution >= 0.6 is 0 Å². The van der Waals surface area contributed by atoms with Gasteiger partial charge in [-0.1, -0.05) is 78.9 Å². The molecule has 0 aliphatic heterocycles. The zero-order chi connectivity index (χ0) is 37.0. The Kier molecular flexibility index (Phi) is 7.38. The molecule has 0 N–H and O–H groups in total. The number of pyridine rings is 4. The Hall–Kier alpha value is -7.70. The van der Waals surface area contributed by atoms with E-state index < -0.39 is 0 Å². The molecule has 6 heteroatoms. The second-order valence-electron chi connectivity index (χ2n) is 14.0. The van der Waals surface area contributed by atoms with E-state index in [-0.39, 0.29) is 0 Å². The first-order valence-corrected chi connectivity index (χ1v) is 18.7. The summed E-state index contributed by atoms with van der Waals surface area (Å²) in [5, 5.41) is 3.57. The molecule has 0 spiro atoms. The topological polar surface area (TPSA) is 61.4 Å².